The quantitative estimate of drug-likeness (QED) is 0.714. The van der Waals surface area contributed by atoms with E-state index in [0.717, 1.165) is 48.6 Å². The van der Waals surface area contributed by atoms with Crippen LogP contribution in [-0.4, -0.2) is 37.3 Å². The van der Waals surface area contributed by atoms with Crippen LogP contribution >= 0.6 is 11.8 Å². The molecule has 0 saturated carbocycles. The van der Waals surface area contributed by atoms with Gasteiger partial charge >= 0.3 is 0 Å². The zero-order valence-electron chi connectivity index (χ0n) is 13.6. The molecule has 1 aliphatic heterocycles. The Morgan fingerprint density at radius 2 is 1.91 bits per heavy atom. The van der Waals surface area contributed by atoms with Gasteiger partial charge in [-0.2, -0.15) is 0 Å². The van der Waals surface area contributed by atoms with Gasteiger partial charge in [-0.1, -0.05) is 19.8 Å². The lowest BCUT2D eigenvalue weighted by Crippen LogP contribution is -2.30. The molecule has 0 spiro atoms. The van der Waals surface area contributed by atoms with E-state index in [4.69, 9.17) is 9.47 Å². The first-order valence-corrected chi connectivity index (χ1v) is 8.88. The van der Waals surface area contributed by atoms with E-state index in [2.05, 4.69) is 6.92 Å². The highest BCUT2D eigenvalue weighted by atomic mass is 32.2. The predicted octanol–water partition coefficient (Wildman–Crippen LogP) is 3.86. The van der Waals surface area contributed by atoms with Gasteiger partial charge in [0.15, 0.2) is 0 Å². The first-order chi connectivity index (χ1) is 10.7. The lowest BCUT2D eigenvalue weighted by Gasteiger charge is -2.25. The second kappa shape index (κ2) is 8.32. The molecule has 0 bridgehead atoms. The average molecular weight is 323 g/mol. The molecule has 2 rings (SSSR count). The molecule has 1 atom stereocenters. The van der Waals surface area contributed by atoms with Gasteiger partial charge < -0.3 is 14.4 Å². The molecule has 22 heavy (non-hydrogen) atoms. The summed E-state index contributed by atoms with van der Waals surface area (Å²) in [6, 6.07) is 5.85. The summed E-state index contributed by atoms with van der Waals surface area (Å²) in [7, 11) is 3.29. The van der Waals surface area contributed by atoms with Crippen LogP contribution in [0.15, 0.2) is 18.2 Å². The first-order valence-electron chi connectivity index (χ1n) is 7.83. The van der Waals surface area contributed by atoms with E-state index in [1.807, 2.05) is 23.1 Å². The van der Waals surface area contributed by atoms with E-state index in [0.29, 0.717) is 6.42 Å². The highest BCUT2D eigenvalue weighted by Crippen LogP contribution is 2.41. The van der Waals surface area contributed by atoms with Gasteiger partial charge in [0.2, 0.25) is 5.91 Å². The number of carbonyl (C=O) groups is 1. The first kappa shape index (κ1) is 17.0. The van der Waals surface area contributed by atoms with Gasteiger partial charge in [-0.15, -0.1) is 11.8 Å². The van der Waals surface area contributed by atoms with Crippen molar-refractivity contribution in [1.82, 2.24) is 4.90 Å². The number of nitrogens with zero attached hydrogens (tertiary/aromatic N) is 1. The number of carbonyl (C=O) groups excluding carboxylic acids is 1. The zero-order chi connectivity index (χ0) is 15.9. The summed E-state index contributed by atoms with van der Waals surface area (Å²) in [5, 5.41) is 0.0677. The van der Waals surface area contributed by atoms with Crippen LogP contribution in [-0.2, 0) is 4.79 Å². The zero-order valence-corrected chi connectivity index (χ0v) is 14.4. The van der Waals surface area contributed by atoms with Crippen molar-refractivity contribution in [2.45, 2.75) is 38.0 Å². The Hall–Kier alpha value is -1.36. The molecule has 0 aromatic heterocycles. The molecule has 1 unspecified atom stereocenters. The number of methoxy groups -OCH3 is 2. The summed E-state index contributed by atoms with van der Waals surface area (Å²) < 4.78 is 10.7. The molecular formula is C17H25NO3S. The number of ether oxygens (including phenoxy) is 2. The minimum Gasteiger partial charge on any atom is -0.497 e. The number of rotatable bonds is 7. The van der Waals surface area contributed by atoms with Crippen LogP contribution in [0.5, 0.6) is 11.5 Å². The van der Waals surface area contributed by atoms with E-state index in [-0.39, 0.29) is 11.3 Å². The molecule has 1 aliphatic rings. The minimum absolute atomic E-state index is 0.0677. The van der Waals surface area contributed by atoms with Gasteiger partial charge in [-0.25, -0.2) is 0 Å². The minimum atomic E-state index is 0.0677. The van der Waals surface area contributed by atoms with Gasteiger partial charge in [0.1, 0.15) is 16.9 Å². The third-order valence-electron chi connectivity index (χ3n) is 3.86. The van der Waals surface area contributed by atoms with Crippen molar-refractivity contribution in [3.05, 3.63) is 23.8 Å². The van der Waals surface area contributed by atoms with Gasteiger partial charge in [-0.3, -0.25) is 4.79 Å². The van der Waals surface area contributed by atoms with Crippen molar-refractivity contribution in [1.29, 1.82) is 0 Å². The lowest BCUT2D eigenvalue weighted by molar-refractivity contribution is -0.131. The molecule has 122 valence electrons. The summed E-state index contributed by atoms with van der Waals surface area (Å²) in [6.45, 7) is 2.97. The normalized spacial score (nSPS) is 17.6. The molecule has 0 radical (unpaired) electrons. The maximum absolute atomic E-state index is 12.5. The van der Waals surface area contributed by atoms with Crippen molar-refractivity contribution in [3.63, 3.8) is 0 Å². The van der Waals surface area contributed by atoms with Gasteiger partial charge in [-0.05, 0) is 24.1 Å². The van der Waals surface area contributed by atoms with Gasteiger partial charge in [0.05, 0.1) is 14.2 Å². The van der Waals surface area contributed by atoms with Gasteiger partial charge in [0.25, 0.3) is 0 Å². The van der Waals surface area contributed by atoms with Crippen LogP contribution in [0, 0.1) is 0 Å². The SMILES string of the molecule is CCCCCC(=O)N1CCSC1c1cc(OC)cc(OC)c1. The Labute approximate surface area is 137 Å². The molecule has 1 aromatic carbocycles. The third-order valence-corrected chi connectivity index (χ3v) is 5.13. The summed E-state index contributed by atoms with van der Waals surface area (Å²) in [5.74, 6) is 2.76. The fourth-order valence-corrected chi connectivity index (χ4v) is 3.90. The summed E-state index contributed by atoms with van der Waals surface area (Å²) in [6.07, 6.45) is 3.87. The van der Waals surface area contributed by atoms with E-state index in [1.165, 1.54) is 0 Å². The van der Waals surface area contributed by atoms with E-state index in [1.54, 1.807) is 26.0 Å². The smallest absolute Gasteiger partial charge is 0.223 e. The van der Waals surface area contributed by atoms with Crippen LogP contribution in [0.2, 0.25) is 0 Å². The van der Waals surface area contributed by atoms with E-state index in [9.17, 15) is 4.79 Å². The summed E-state index contributed by atoms with van der Waals surface area (Å²) in [4.78, 5) is 14.5. The molecule has 4 nitrogen and oxygen atoms in total. The fraction of sp³-hybridized carbons (Fsp3) is 0.588. The van der Waals surface area contributed by atoms with E-state index >= 15 is 0 Å². The number of unbranched alkanes of at least 4 members (excludes halogenated alkanes) is 2. The number of hydrogen-bond donors (Lipinski definition) is 0. The molecule has 5 heteroatoms. The lowest BCUT2D eigenvalue weighted by atomic mass is 10.1. The Morgan fingerprint density at radius 1 is 1.23 bits per heavy atom. The molecule has 1 fully saturated rings. The largest absolute Gasteiger partial charge is 0.497 e. The van der Waals surface area contributed by atoms with Crippen molar-refractivity contribution in [3.8, 4) is 11.5 Å². The molecule has 1 heterocycles. The standard InChI is InChI=1S/C17H25NO3S/c1-4-5-6-7-16(19)18-8-9-22-17(18)13-10-14(20-2)12-15(11-13)21-3/h10-12,17H,4-9H2,1-3H3. The highest BCUT2D eigenvalue weighted by Gasteiger charge is 2.30. The Morgan fingerprint density at radius 3 is 2.50 bits per heavy atom. The molecule has 1 saturated heterocycles. The Kier molecular flexibility index (Phi) is 6.43. The summed E-state index contributed by atoms with van der Waals surface area (Å²) in [5.41, 5.74) is 1.07. The molecule has 1 aromatic rings. The highest BCUT2D eigenvalue weighted by molar-refractivity contribution is 7.99. The average Bonchev–Trinajstić information content (AvgIpc) is 3.04. The number of amides is 1. The predicted molar refractivity (Wildman–Crippen MR) is 90.6 cm³/mol. The van der Waals surface area contributed by atoms with Crippen molar-refractivity contribution >= 4 is 17.7 Å². The number of hydrogen-bond acceptors (Lipinski definition) is 4. The van der Waals surface area contributed by atoms with Crippen molar-refractivity contribution < 1.29 is 14.3 Å². The van der Waals surface area contributed by atoms with E-state index < -0.39 is 0 Å². The monoisotopic (exact) mass is 323 g/mol. The maximum Gasteiger partial charge on any atom is 0.223 e. The van der Waals surface area contributed by atoms with Crippen LogP contribution in [0.3, 0.4) is 0 Å². The van der Waals surface area contributed by atoms with Crippen LogP contribution < -0.4 is 9.47 Å². The van der Waals surface area contributed by atoms with Crippen molar-refractivity contribution in [2.75, 3.05) is 26.5 Å². The maximum atomic E-state index is 12.5. The Balaban J connectivity index is 2.14. The number of thioether (sulfide) groups is 1. The fourth-order valence-electron chi connectivity index (χ4n) is 2.64. The molecular weight excluding hydrogens is 298 g/mol. The van der Waals surface area contributed by atoms with Crippen molar-refractivity contribution in [2.24, 2.45) is 0 Å². The number of benzene rings is 1. The third kappa shape index (κ3) is 4.09. The van der Waals surface area contributed by atoms with Crippen LogP contribution in [0.1, 0.15) is 43.5 Å². The molecule has 1 amide bonds. The van der Waals surface area contributed by atoms with Crippen LogP contribution in [0.25, 0.3) is 0 Å². The van der Waals surface area contributed by atoms with Gasteiger partial charge in [0, 0.05) is 24.8 Å². The Bertz CT molecular complexity index is 484. The molecule has 0 aliphatic carbocycles. The summed E-state index contributed by atoms with van der Waals surface area (Å²) >= 11 is 1.80. The van der Waals surface area contributed by atoms with Crippen LogP contribution in [0.4, 0.5) is 0 Å². The second-order valence-corrected chi connectivity index (χ2v) is 6.60. The second-order valence-electron chi connectivity index (χ2n) is 5.41. The topological polar surface area (TPSA) is 38.8 Å². The molecule has 0 N–H and O–H groups in total.